The monoisotopic (exact) mass is 183 g/mol. The molecule has 0 spiro atoms. The van der Waals surface area contributed by atoms with Gasteiger partial charge in [-0.05, 0) is 13.8 Å². The van der Waals surface area contributed by atoms with E-state index in [-0.39, 0.29) is 0 Å². The van der Waals surface area contributed by atoms with E-state index < -0.39 is 5.60 Å². The van der Waals surface area contributed by atoms with Gasteiger partial charge >= 0.3 is 0 Å². The quantitative estimate of drug-likeness (QED) is 0.321. The Morgan fingerprint density at radius 2 is 2.31 bits per heavy atom. The molecule has 13 heavy (non-hydrogen) atoms. The van der Waals surface area contributed by atoms with Gasteiger partial charge in [-0.3, -0.25) is 4.57 Å². The molecule has 0 unspecified atom stereocenters. The van der Waals surface area contributed by atoms with E-state index in [9.17, 15) is 0 Å². The first-order chi connectivity index (χ1) is 6.11. The molecule has 5 nitrogen and oxygen atoms in total. The number of ether oxygens (including phenoxy) is 1. The lowest BCUT2D eigenvalue weighted by molar-refractivity contribution is 0.0763. The molecule has 1 heterocycles. The summed E-state index contributed by atoms with van der Waals surface area (Å²) in [5.74, 6) is 0.396. The molecule has 72 valence electrons. The second kappa shape index (κ2) is 3.57. The van der Waals surface area contributed by atoms with E-state index in [1.807, 2.05) is 13.8 Å². The third kappa shape index (κ3) is 1.86. The first-order valence-electron chi connectivity index (χ1n) is 3.88. The first-order valence-corrected chi connectivity index (χ1v) is 3.88. The topological polar surface area (TPSA) is 59.6 Å². The summed E-state index contributed by atoms with van der Waals surface area (Å²) >= 11 is 0. The minimum absolute atomic E-state index is 0.396. The largest absolute Gasteiger partial charge is 0.409 e. The van der Waals surface area contributed by atoms with Crippen LogP contribution in [0.15, 0.2) is 23.9 Å². The molecule has 0 aliphatic carbocycles. The summed E-state index contributed by atoms with van der Waals surface area (Å²) in [4.78, 5) is 3.85. The van der Waals surface area contributed by atoms with Gasteiger partial charge < -0.3 is 9.94 Å². The van der Waals surface area contributed by atoms with E-state index in [4.69, 9.17) is 9.94 Å². The standard InChI is InChI=1S/C8H13N3O2/c1-8(2,13-3)7(10-12)11-5-4-9-6-11/h4-6,12H,1-3H3/b10-7-. The number of aromatic nitrogens is 2. The van der Waals surface area contributed by atoms with Crippen LogP contribution in [-0.2, 0) is 4.74 Å². The average Bonchev–Trinajstić information content (AvgIpc) is 2.58. The van der Waals surface area contributed by atoms with Gasteiger partial charge in [-0.25, -0.2) is 4.98 Å². The van der Waals surface area contributed by atoms with Gasteiger partial charge in [-0.15, -0.1) is 0 Å². The van der Waals surface area contributed by atoms with Crippen LogP contribution in [0.25, 0.3) is 0 Å². The molecule has 0 fully saturated rings. The van der Waals surface area contributed by atoms with Crippen molar-refractivity contribution in [1.82, 2.24) is 9.55 Å². The number of imidazole rings is 1. The third-order valence-electron chi connectivity index (χ3n) is 1.89. The maximum Gasteiger partial charge on any atom is 0.185 e. The van der Waals surface area contributed by atoms with Crippen molar-refractivity contribution in [2.75, 3.05) is 7.11 Å². The summed E-state index contributed by atoms with van der Waals surface area (Å²) in [6.45, 7) is 3.62. The Morgan fingerprint density at radius 1 is 1.62 bits per heavy atom. The van der Waals surface area contributed by atoms with Crippen molar-refractivity contribution >= 4 is 5.84 Å². The molecule has 0 saturated heterocycles. The molecule has 1 aromatic heterocycles. The van der Waals surface area contributed by atoms with Gasteiger partial charge in [0, 0.05) is 19.5 Å². The normalized spacial score (nSPS) is 13.3. The first kappa shape index (κ1) is 9.73. The van der Waals surface area contributed by atoms with Crippen molar-refractivity contribution in [3.05, 3.63) is 18.7 Å². The molecule has 0 aliphatic heterocycles. The highest BCUT2D eigenvalue weighted by Gasteiger charge is 2.26. The Balaban J connectivity index is 3.01. The Morgan fingerprint density at radius 3 is 2.69 bits per heavy atom. The molecule has 0 atom stereocenters. The summed E-state index contributed by atoms with van der Waals surface area (Å²) in [5.41, 5.74) is -0.643. The fourth-order valence-electron chi connectivity index (χ4n) is 0.959. The summed E-state index contributed by atoms with van der Waals surface area (Å²) in [6.07, 6.45) is 4.85. The maximum absolute atomic E-state index is 8.82. The van der Waals surface area contributed by atoms with Crippen molar-refractivity contribution in [1.29, 1.82) is 0 Å². The summed E-state index contributed by atoms with van der Waals surface area (Å²) in [7, 11) is 1.56. The van der Waals surface area contributed by atoms with Crippen LogP contribution < -0.4 is 0 Å². The Hall–Kier alpha value is -1.36. The minimum atomic E-state index is -0.643. The Bertz CT molecular complexity index is 290. The molecular formula is C8H13N3O2. The molecule has 0 amide bonds. The van der Waals surface area contributed by atoms with E-state index in [2.05, 4.69) is 10.1 Å². The zero-order chi connectivity index (χ0) is 9.90. The zero-order valence-electron chi connectivity index (χ0n) is 7.93. The van der Waals surface area contributed by atoms with Crippen molar-refractivity contribution in [2.45, 2.75) is 19.4 Å². The van der Waals surface area contributed by atoms with Crippen LogP contribution in [0.4, 0.5) is 0 Å². The Kier molecular flexibility index (Phi) is 2.67. The molecule has 5 heteroatoms. The third-order valence-corrected chi connectivity index (χ3v) is 1.89. The molecular weight excluding hydrogens is 170 g/mol. The van der Waals surface area contributed by atoms with Gasteiger partial charge in [0.1, 0.15) is 11.9 Å². The molecule has 1 aromatic rings. The second-order valence-electron chi connectivity index (χ2n) is 3.11. The molecule has 0 radical (unpaired) electrons. The Labute approximate surface area is 76.7 Å². The van der Waals surface area contributed by atoms with E-state index >= 15 is 0 Å². The minimum Gasteiger partial charge on any atom is -0.409 e. The highest BCUT2D eigenvalue weighted by Crippen LogP contribution is 2.11. The zero-order valence-corrected chi connectivity index (χ0v) is 7.93. The van der Waals surface area contributed by atoms with Gasteiger partial charge in [0.25, 0.3) is 0 Å². The van der Waals surface area contributed by atoms with E-state index in [0.717, 1.165) is 0 Å². The smallest absolute Gasteiger partial charge is 0.185 e. The summed E-state index contributed by atoms with van der Waals surface area (Å²) < 4.78 is 6.78. The fourth-order valence-corrected chi connectivity index (χ4v) is 0.959. The van der Waals surface area contributed by atoms with Gasteiger partial charge in [-0.2, -0.15) is 0 Å². The highest BCUT2D eigenvalue weighted by atomic mass is 16.5. The number of rotatable bonds is 2. The van der Waals surface area contributed by atoms with E-state index in [0.29, 0.717) is 5.84 Å². The average molecular weight is 183 g/mol. The van der Waals surface area contributed by atoms with Crippen LogP contribution in [0.1, 0.15) is 13.8 Å². The van der Waals surface area contributed by atoms with Gasteiger partial charge in [-0.1, -0.05) is 5.16 Å². The SMILES string of the molecule is COC(C)(C)/C(=N/O)n1ccnc1. The number of methoxy groups -OCH3 is 1. The molecule has 0 bridgehead atoms. The van der Waals surface area contributed by atoms with Crippen LogP contribution >= 0.6 is 0 Å². The predicted molar refractivity (Wildman–Crippen MR) is 47.9 cm³/mol. The lowest BCUT2D eigenvalue weighted by Crippen LogP contribution is -2.38. The lowest BCUT2D eigenvalue weighted by Gasteiger charge is -2.23. The van der Waals surface area contributed by atoms with Crippen molar-refractivity contribution in [3.63, 3.8) is 0 Å². The van der Waals surface area contributed by atoms with Crippen molar-refractivity contribution < 1.29 is 9.94 Å². The number of hydrogen-bond acceptors (Lipinski definition) is 4. The second-order valence-corrected chi connectivity index (χ2v) is 3.11. The molecule has 0 aromatic carbocycles. The fraction of sp³-hybridized carbons (Fsp3) is 0.500. The van der Waals surface area contributed by atoms with Crippen molar-refractivity contribution in [2.24, 2.45) is 5.16 Å². The highest BCUT2D eigenvalue weighted by molar-refractivity contribution is 5.91. The maximum atomic E-state index is 8.82. The molecule has 1 N–H and O–H groups in total. The number of hydrogen-bond donors (Lipinski definition) is 1. The van der Waals surface area contributed by atoms with Crippen molar-refractivity contribution in [3.8, 4) is 0 Å². The van der Waals surface area contributed by atoms with Gasteiger partial charge in [0.2, 0.25) is 0 Å². The van der Waals surface area contributed by atoms with Crippen LogP contribution in [0.2, 0.25) is 0 Å². The predicted octanol–water partition coefficient (Wildman–Crippen LogP) is 0.944. The van der Waals surface area contributed by atoms with Crippen LogP contribution in [-0.4, -0.2) is 33.3 Å². The molecule has 0 saturated carbocycles. The molecule has 1 rings (SSSR count). The summed E-state index contributed by atoms with van der Waals surface area (Å²) in [6, 6.07) is 0. The number of oxime groups is 1. The molecule has 0 aliphatic rings. The van der Waals surface area contributed by atoms with Crippen LogP contribution in [0.3, 0.4) is 0 Å². The van der Waals surface area contributed by atoms with E-state index in [1.54, 1.807) is 30.4 Å². The van der Waals surface area contributed by atoms with Crippen LogP contribution in [0, 0.1) is 0 Å². The summed E-state index contributed by atoms with van der Waals surface area (Å²) in [5, 5.41) is 12.0. The lowest BCUT2D eigenvalue weighted by atomic mass is 10.1. The van der Waals surface area contributed by atoms with E-state index in [1.165, 1.54) is 0 Å². The number of nitrogens with zero attached hydrogens (tertiary/aromatic N) is 3. The van der Waals surface area contributed by atoms with Crippen LogP contribution in [0.5, 0.6) is 0 Å². The van der Waals surface area contributed by atoms with Gasteiger partial charge in [0.05, 0.1) is 0 Å². The van der Waals surface area contributed by atoms with Gasteiger partial charge in [0.15, 0.2) is 5.84 Å².